The van der Waals surface area contributed by atoms with Crippen molar-refractivity contribution in [2.75, 3.05) is 23.5 Å². The van der Waals surface area contributed by atoms with E-state index in [1.165, 1.54) is 4.90 Å². The molecule has 2 saturated heterocycles. The number of halogens is 5. The summed E-state index contributed by atoms with van der Waals surface area (Å²) in [6.45, 7) is -0.176. The van der Waals surface area contributed by atoms with Crippen molar-refractivity contribution in [3.8, 4) is 5.75 Å². The Morgan fingerprint density at radius 2 is 1.62 bits per heavy atom. The summed E-state index contributed by atoms with van der Waals surface area (Å²) >= 11 is 12.6. The van der Waals surface area contributed by atoms with E-state index in [0.717, 1.165) is 5.01 Å². The molecule has 6 atom stereocenters. The average molecular weight is 792 g/mol. The zero-order valence-electron chi connectivity index (χ0n) is 28.7. The monoisotopic (exact) mass is 790 g/mol. The lowest BCUT2D eigenvalue weighted by Crippen LogP contribution is -2.53. The first kappa shape index (κ1) is 36.7. The largest absolute Gasteiger partial charge is 0.491 e. The van der Waals surface area contributed by atoms with Crippen LogP contribution < -0.4 is 15.1 Å². The number of aliphatic hydroxyl groups excluding tert-OH is 1. The van der Waals surface area contributed by atoms with Crippen molar-refractivity contribution < 1.29 is 42.2 Å². The van der Waals surface area contributed by atoms with E-state index in [9.17, 15) is 32.7 Å². The molecule has 10 nitrogen and oxygen atoms in total. The number of aromatic nitrogens is 1. The fraction of sp³-hybridized carbons (Fsp3) is 0.275. The number of hydrogen-bond acceptors (Lipinski definition) is 8. The molecule has 0 radical (unpaired) electrons. The number of nitrogens with one attached hydrogen (secondary N) is 1. The molecule has 1 saturated carbocycles. The number of nitrogens with zero attached hydrogens (tertiary/aromatic N) is 3. The number of carbonyl (C=O) groups is 4. The molecule has 4 aromatic rings. The van der Waals surface area contributed by atoms with Gasteiger partial charge in [0.15, 0.2) is 5.82 Å². The molecule has 0 unspecified atom stereocenters. The van der Waals surface area contributed by atoms with E-state index in [0.29, 0.717) is 45.4 Å². The number of imide groups is 2. The van der Waals surface area contributed by atoms with Crippen LogP contribution in [0.15, 0.2) is 103 Å². The summed E-state index contributed by atoms with van der Waals surface area (Å²) in [6.07, 6.45) is -2.10. The number of benzene rings is 3. The van der Waals surface area contributed by atoms with Crippen LogP contribution in [0.2, 0.25) is 10.0 Å². The van der Waals surface area contributed by atoms with E-state index in [2.05, 4.69) is 10.4 Å². The lowest BCUT2D eigenvalue weighted by atomic mass is 9.49. The molecule has 1 aromatic heterocycles. The van der Waals surface area contributed by atoms with Crippen LogP contribution in [-0.2, 0) is 30.8 Å². The van der Waals surface area contributed by atoms with Crippen molar-refractivity contribution in [3.05, 3.63) is 130 Å². The number of pyridine rings is 1. The summed E-state index contributed by atoms with van der Waals surface area (Å²) in [5.74, 6) is -6.37. The zero-order chi connectivity index (χ0) is 38.8. The maximum absolute atomic E-state index is 15.3. The lowest BCUT2D eigenvalue weighted by molar-refractivity contribution is -0.139. The molecule has 2 N–H and O–H groups in total. The third kappa shape index (κ3) is 5.87. The van der Waals surface area contributed by atoms with Crippen LogP contribution in [0.25, 0.3) is 0 Å². The molecule has 0 bridgehead atoms. The topological polar surface area (TPSA) is 129 Å². The molecule has 2 aliphatic heterocycles. The molecule has 3 heterocycles. The fourth-order valence-corrected chi connectivity index (χ4v) is 9.24. The number of fused-ring (bicyclic) bond motifs is 4. The van der Waals surface area contributed by atoms with Crippen LogP contribution in [-0.4, -0.2) is 51.9 Å². The number of carbonyl (C=O) groups excluding carboxylic acids is 4. The van der Waals surface area contributed by atoms with Gasteiger partial charge >= 0.3 is 6.18 Å². The van der Waals surface area contributed by atoms with E-state index in [1.54, 1.807) is 78.9 Å². The summed E-state index contributed by atoms with van der Waals surface area (Å²) in [5, 5.41) is 9.96. The SMILES string of the molecule is O=C1[C@@H]2C[C@@H]3C(=CC[C@@H]4C(=O)N(c5ccccc5)C(=O)[C@@H]43)[C@H](c3ccc(OCCO)cc3)[C@]2(c2ccc(Cl)cc2)C(=O)N1Nc1ncc(C(F)(F)F)cc1Cl. The minimum absolute atomic E-state index is 0.0115. The lowest BCUT2D eigenvalue weighted by Gasteiger charge is -2.50. The Labute approximate surface area is 322 Å². The van der Waals surface area contributed by atoms with Crippen LogP contribution in [0.4, 0.5) is 24.7 Å². The molecule has 15 heteroatoms. The fourth-order valence-electron chi connectivity index (χ4n) is 8.91. The number of allylic oxidation sites excluding steroid dienone is 2. The van der Waals surface area contributed by atoms with Gasteiger partial charge in [-0.1, -0.05) is 77.3 Å². The third-order valence-corrected chi connectivity index (χ3v) is 11.7. The molecule has 2 aliphatic carbocycles. The highest BCUT2D eigenvalue weighted by Crippen LogP contribution is 2.64. The second-order valence-electron chi connectivity index (χ2n) is 13.9. The third-order valence-electron chi connectivity index (χ3n) is 11.1. The van der Waals surface area contributed by atoms with E-state index < -0.39 is 69.5 Å². The molecule has 0 spiro atoms. The van der Waals surface area contributed by atoms with Crippen molar-refractivity contribution >= 4 is 58.3 Å². The molecule has 55 heavy (non-hydrogen) atoms. The van der Waals surface area contributed by atoms with Gasteiger partial charge in [-0.15, -0.1) is 0 Å². The molecule has 3 aromatic carbocycles. The zero-order valence-corrected chi connectivity index (χ0v) is 30.2. The van der Waals surface area contributed by atoms with Gasteiger partial charge in [0.2, 0.25) is 11.8 Å². The highest BCUT2D eigenvalue weighted by molar-refractivity contribution is 6.33. The van der Waals surface area contributed by atoms with Crippen molar-refractivity contribution in [2.24, 2.45) is 23.7 Å². The van der Waals surface area contributed by atoms with Crippen molar-refractivity contribution in [3.63, 3.8) is 0 Å². The number of alkyl halides is 3. The Balaban J connectivity index is 1.30. The van der Waals surface area contributed by atoms with Gasteiger partial charge in [0.1, 0.15) is 12.4 Å². The van der Waals surface area contributed by atoms with Gasteiger partial charge in [0, 0.05) is 17.1 Å². The number of rotatable bonds is 8. The minimum Gasteiger partial charge on any atom is -0.491 e. The van der Waals surface area contributed by atoms with Crippen molar-refractivity contribution in [2.45, 2.75) is 30.4 Å². The number of hydrogen-bond donors (Lipinski definition) is 2. The second kappa shape index (κ2) is 13.8. The van der Waals surface area contributed by atoms with E-state index >= 15 is 4.79 Å². The Morgan fingerprint density at radius 3 is 2.27 bits per heavy atom. The molecule has 282 valence electrons. The van der Waals surface area contributed by atoms with Gasteiger partial charge in [-0.25, -0.2) is 4.98 Å². The van der Waals surface area contributed by atoms with Crippen LogP contribution in [0, 0.1) is 23.7 Å². The predicted molar refractivity (Wildman–Crippen MR) is 195 cm³/mol. The molecule has 8 rings (SSSR count). The highest BCUT2D eigenvalue weighted by atomic mass is 35.5. The van der Waals surface area contributed by atoms with Gasteiger partial charge in [0.05, 0.1) is 46.0 Å². The van der Waals surface area contributed by atoms with Gasteiger partial charge < -0.3 is 9.84 Å². The maximum atomic E-state index is 15.3. The van der Waals surface area contributed by atoms with Crippen LogP contribution in [0.5, 0.6) is 5.75 Å². The quantitative estimate of drug-likeness (QED) is 0.145. The van der Waals surface area contributed by atoms with Crippen molar-refractivity contribution in [1.29, 1.82) is 0 Å². The normalized spacial score (nSPS) is 26.1. The van der Waals surface area contributed by atoms with E-state index in [-0.39, 0.29) is 37.8 Å². The predicted octanol–water partition coefficient (Wildman–Crippen LogP) is 6.97. The average Bonchev–Trinajstić information content (AvgIpc) is 3.55. The number of hydrazine groups is 1. The van der Waals surface area contributed by atoms with Crippen LogP contribution in [0.3, 0.4) is 0 Å². The van der Waals surface area contributed by atoms with Gasteiger partial charge in [-0.2, -0.15) is 18.2 Å². The number of ether oxygens (including phenoxy) is 1. The highest BCUT2D eigenvalue weighted by Gasteiger charge is 2.70. The Morgan fingerprint density at radius 1 is 0.909 bits per heavy atom. The Bertz CT molecular complexity index is 2240. The number of anilines is 2. The number of para-hydroxylation sites is 1. The Kier molecular flexibility index (Phi) is 9.22. The van der Waals surface area contributed by atoms with Crippen LogP contribution in [0.1, 0.15) is 35.4 Å². The Hall–Kier alpha value is -5.24. The summed E-state index contributed by atoms with van der Waals surface area (Å²) in [7, 11) is 0. The number of aliphatic hydroxyl groups is 1. The van der Waals surface area contributed by atoms with Crippen LogP contribution >= 0.6 is 23.2 Å². The number of amides is 4. The summed E-state index contributed by atoms with van der Waals surface area (Å²) in [4.78, 5) is 63.5. The first-order valence-electron chi connectivity index (χ1n) is 17.5. The second-order valence-corrected chi connectivity index (χ2v) is 14.8. The molecule has 4 amide bonds. The molecular weight excluding hydrogens is 760 g/mol. The molecular formula is C40H31Cl2F3N4O6. The summed E-state index contributed by atoms with van der Waals surface area (Å²) in [6, 6.07) is 22.6. The minimum atomic E-state index is -4.75. The first-order chi connectivity index (χ1) is 26.4. The smallest absolute Gasteiger partial charge is 0.417 e. The molecule has 4 aliphatic rings. The van der Waals surface area contributed by atoms with Gasteiger partial charge in [-0.3, -0.25) is 29.5 Å². The van der Waals surface area contributed by atoms with Gasteiger partial charge in [-0.05, 0) is 72.4 Å². The van der Waals surface area contributed by atoms with E-state index in [1.807, 2.05) is 6.08 Å². The maximum Gasteiger partial charge on any atom is 0.417 e. The van der Waals surface area contributed by atoms with E-state index in [4.69, 9.17) is 27.9 Å². The van der Waals surface area contributed by atoms with Crippen molar-refractivity contribution in [1.82, 2.24) is 9.99 Å². The molecule has 3 fully saturated rings. The van der Waals surface area contributed by atoms with Gasteiger partial charge in [0.25, 0.3) is 11.8 Å². The summed E-state index contributed by atoms with van der Waals surface area (Å²) < 4.78 is 46.1. The standard InChI is InChI=1S/C40H31Cl2F3N4O6/c41-24-10-8-22(9-11-24)39-30(36(52)49(38(39)54)47-34-31(42)18-23(20-46-34)40(43,44)45)19-29-27(33(39)21-6-12-26(13-7-21)55-17-16-50)14-15-28-32(29)37(53)48(35(28)51)25-4-2-1-3-5-25/h1-14,18,20,28-30,32-33,50H,15-17,19H2,(H,46,47)/t28-,29+,30-,32-,33-,39+/m0/s1. The summed E-state index contributed by atoms with van der Waals surface area (Å²) in [5.41, 5.74) is 1.98. The first-order valence-corrected chi connectivity index (χ1v) is 18.2.